The molecule has 12 nitrogen and oxygen atoms in total. The van der Waals surface area contributed by atoms with Crippen molar-refractivity contribution in [3.8, 4) is 23.0 Å². The van der Waals surface area contributed by atoms with Crippen LogP contribution in [0.4, 0.5) is 0 Å². The van der Waals surface area contributed by atoms with Crippen LogP contribution < -0.4 is 0 Å². The van der Waals surface area contributed by atoms with E-state index in [0.29, 0.717) is 0 Å². The number of hydrogen-bond donors (Lipinski definition) is 2. The maximum Gasteiger partial charge on any atom is 0.227 e. The fourth-order valence-corrected chi connectivity index (χ4v) is 1.05. The Balaban J connectivity index is 2.19. The van der Waals surface area contributed by atoms with Crippen LogP contribution in [-0.2, 0) is 0 Å². The first-order valence-electron chi connectivity index (χ1n) is 3.99. The SMILES string of the molecule is n1nnc(-c2nn[nH]n2)c(-c2nn[nH]n2)n1. The molecule has 0 radical (unpaired) electrons. The maximum absolute atomic E-state index is 3.75. The van der Waals surface area contributed by atoms with Gasteiger partial charge < -0.3 is 0 Å². The second-order valence-corrected chi connectivity index (χ2v) is 2.55. The highest BCUT2D eigenvalue weighted by Crippen LogP contribution is 2.19. The molecule has 0 aliphatic heterocycles. The summed E-state index contributed by atoms with van der Waals surface area (Å²) in [5.41, 5.74) is 0.537. The Kier molecular flexibility index (Phi) is 1.75. The minimum atomic E-state index is 0.224. The number of hydrogen-bond acceptors (Lipinski definition) is 10. The Morgan fingerprint density at radius 3 is 1.50 bits per heavy atom. The van der Waals surface area contributed by atoms with Gasteiger partial charge in [-0.1, -0.05) is 0 Å². The number of aromatic nitrogens is 12. The van der Waals surface area contributed by atoms with Crippen LogP contribution in [0.1, 0.15) is 0 Å². The van der Waals surface area contributed by atoms with Gasteiger partial charge in [-0.05, 0) is 20.9 Å². The van der Waals surface area contributed by atoms with E-state index in [4.69, 9.17) is 0 Å². The van der Waals surface area contributed by atoms with Crippen molar-refractivity contribution in [1.29, 1.82) is 0 Å². The Morgan fingerprint density at radius 1 is 0.625 bits per heavy atom. The van der Waals surface area contributed by atoms with Crippen LogP contribution in [0.15, 0.2) is 0 Å². The summed E-state index contributed by atoms with van der Waals surface area (Å²) in [7, 11) is 0. The lowest BCUT2D eigenvalue weighted by Gasteiger charge is -1.95. The zero-order valence-electron chi connectivity index (χ0n) is 7.47. The van der Waals surface area contributed by atoms with E-state index in [2.05, 4.69) is 61.9 Å². The van der Waals surface area contributed by atoms with E-state index in [1.807, 2.05) is 0 Å². The van der Waals surface area contributed by atoms with Crippen LogP contribution in [-0.4, -0.2) is 61.9 Å². The number of H-pyrrole nitrogens is 2. The molecule has 3 aromatic rings. The quantitative estimate of drug-likeness (QED) is 0.475. The Hall–Kier alpha value is -2.92. The average molecular weight is 218 g/mol. The average Bonchev–Trinajstić information content (AvgIpc) is 3.03. The molecule has 0 aromatic carbocycles. The third-order valence-corrected chi connectivity index (χ3v) is 1.67. The van der Waals surface area contributed by atoms with Crippen LogP contribution >= 0.6 is 0 Å². The molecule has 0 atom stereocenters. The van der Waals surface area contributed by atoms with Crippen molar-refractivity contribution in [3.05, 3.63) is 0 Å². The highest BCUT2D eigenvalue weighted by atomic mass is 15.5. The molecule has 3 heterocycles. The molecule has 0 saturated carbocycles. The topological polar surface area (TPSA) is 160 Å². The van der Waals surface area contributed by atoms with Crippen LogP contribution in [0, 0.1) is 0 Å². The minimum absolute atomic E-state index is 0.224. The standard InChI is InChI=1S/C4H2N12/c5-1(3-7-13-14-8-3)2(6-12-11-5)4-9-15-16-10-4/h(H,7,8,13,14)(H,9,10,15,16). The van der Waals surface area contributed by atoms with Crippen LogP contribution in [0.2, 0.25) is 0 Å². The second kappa shape index (κ2) is 3.34. The molecule has 0 bridgehead atoms. The van der Waals surface area contributed by atoms with Gasteiger partial charge in [0.1, 0.15) is 0 Å². The van der Waals surface area contributed by atoms with Gasteiger partial charge in [-0.3, -0.25) is 0 Å². The molecule has 0 aliphatic rings. The molecule has 16 heavy (non-hydrogen) atoms. The van der Waals surface area contributed by atoms with E-state index in [-0.39, 0.29) is 23.0 Å². The predicted molar refractivity (Wildman–Crippen MR) is 44.0 cm³/mol. The second-order valence-electron chi connectivity index (χ2n) is 2.55. The lowest BCUT2D eigenvalue weighted by atomic mass is 10.3. The van der Waals surface area contributed by atoms with Crippen LogP contribution in [0.25, 0.3) is 23.0 Å². The molecule has 12 heteroatoms. The zero-order valence-corrected chi connectivity index (χ0v) is 7.47. The molecular formula is C4H2N12. The van der Waals surface area contributed by atoms with E-state index < -0.39 is 0 Å². The van der Waals surface area contributed by atoms with Crippen molar-refractivity contribution in [2.45, 2.75) is 0 Å². The highest BCUT2D eigenvalue weighted by Gasteiger charge is 2.18. The van der Waals surface area contributed by atoms with Crippen molar-refractivity contribution in [3.63, 3.8) is 0 Å². The number of nitrogens with zero attached hydrogens (tertiary/aromatic N) is 10. The Morgan fingerprint density at radius 2 is 1.12 bits per heavy atom. The fourth-order valence-electron chi connectivity index (χ4n) is 1.05. The third-order valence-electron chi connectivity index (χ3n) is 1.67. The van der Waals surface area contributed by atoms with Gasteiger partial charge in [0.25, 0.3) is 0 Å². The normalized spacial score (nSPS) is 10.5. The first-order valence-corrected chi connectivity index (χ1v) is 3.99. The van der Waals surface area contributed by atoms with Crippen molar-refractivity contribution >= 4 is 0 Å². The van der Waals surface area contributed by atoms with Gasteiger partial charge in [-0.25, -0.2) is 0 Å². The summed E-state index contributed by atoms with van der Waals surface area (Å²) >= 11 is 0. The highest BCUT2D eigenvalue weighted by molar-refractivity contribution is 5.67. The van der Waals surface area contributed by atoms with Gasteiger partial charge in [0.05, 0.1) is 0 Å². The lowest BCUT2D eigenvalue weighted by Crippen LogP contribution is -2.01. The van der Waals surface area contributed by atoms with E-state index >= 15 is 0 Å². The fraction of sp³-hybridized carbons (Fsp3) is 0. The van der Waals surface area contributed by atoms with Gasteiger partial charge in [0.2, 0.25) is 11.6 Å². The molecule has 0 spiro atoms. The predicted octanol–water partition coefficient (Wildman–Crippen LogP) is -2.37. The Labute approximate surface area is 85.9 Å². The summed E-state index contributed by atoms with van der Waals surface area (Å²) in [5, 5.41) is 40.7. The van der Waals surface area contributed by atoms with Gasteiger partial charge in [0.15, 0.2) is 11.4 Å². The van der Waals surface area contributed by atoms with Crippen molar-refractivity contribution < 1.29 is 0 Å². The molecule has 0 aliphatic carbocycles. The smallest absolute Gasteiger partial charge is 0.177 e. The molecular weight excluding hydrogens is 216 g/mol. The largest absolute Gasteiger partial charge is 0.227 e. The molecule has 2 N–H and O–H groups in total. The first-order chi connectivity index (χ1) is 7.95. The molecule has 3 aromatic heterocycles. The van der Waals surface area contributed by atoms with E-state index in [9.17, 15) is 0 Å². The monoisotopic (exact) mass is 218 g/mol. The van der Waals surface area contributed by atoms with Gasteiger partial charge in [0, 0.05) is 0 Å². The summed E-state index contributed by atoms with van der Waals surface area (Å²) in [4.78, 5) is 0. The van der Waals surface area contributed by atoms with Crippen molar-refractivity contribution in [2.24, 2.45) is 0 Å². The summed E-state index contributed by atoms with van der Waals surface area (Å²) in [6.45, 7) is 0. The van der Waals surface area contributed by atoms with Gasteiger partial charge in [-0.2, -0.15) is 10.4 Å². The molecule has 0 saturated heterocycles. The summed E-state index contributed by atoms with van der Waals surface area (Å²) in [6.07, 6.45) is 0. The van der Waals surface area contributed by atoms with E-state index in [1.165, 1.54) is 0 Å². The summed E-state index contributed by atoms with van der Waals surface area (Å²) in [5.74, 6) is 0.449. The lowest BCUT2D eigenvalue weighted by molar-refractivity contribution is 0.764. The molecule has 0 unspecified atom stereocenters. The number of aromatic amines is 2. The first kappa shape index (κ1) is 8.39. The molecule has 3 rings (SSSR count). The number of tetrazole rings is 2. The summed E-state index contributed by atoms with van der Waals surface area (Å²) in [6, 6.07) is 0. The third kappa shape index (κ3) is 1.24. The number of rotatable bonds is 2. The molecule has 0 fully saturated rings. The molecule has 0 amide bonds. The van der Waals surface area contributed by atoms with E-state index in [1.54, 1.807) is 0 Å². The van der Waals surface area contributed by atoms with Crippen molar-refractivity contribution in [2.75, 3.05) is 0 Å². The molecule has 78 valence electrons. The van der Waals surface area contributed by atoms with Gasteiger partial charge in [-0.15, -0.1) is 30.6 Å². The number of nitrogens with one attached hydrogen (secondary N) is 2. The van der Waals surface area contributed by atoms with Gasteiger partial charge >= 0.3 is 0 Å². The van der Waals surface area contributed by atoms with Crippen molar-refractivity contribution in [1.82, 2.24) is 61.9 Å². The minimum Gasteiger partial charge on any atom is -0.177 e. The van der Waals surface area contributed by atoms with E-state index in [0.717, 1.165) is 0 Å². The maximum atomic E-state index is 3.75. The Bertz CT molecular complexity index is 514. The summed E-state index contributed by atoms with van der Waals surface area (Å²) < 4.78 is 0. The zero-order chi connectivity index (χ0) is 10.8. The van der Waals surface area contributed by atoms with Crippen LogP contribution in [0.3, 0.4) is 0 Å². The van der Waals surface area contributed by atoms with Crippen LogP contribution in [0.5, 0.6) is 0 Å².